The molecule has 0 aliphatic rings. The van der Waals surface area contributed by atoms with E-state index < -0.39 is 18.4 Å². The molecule has 0 aliphatic carbocycles. The Bertz CT molecular complexity index is 896. The van der Waals surface area contributed by atoms with Crippen LogP contribution in [0.15, 0.2) is 35.1 Å². The predicted octanol–water partition coefficient (Wildman–Crippen LogP) is 2.09. The molecule has 1 amide bonds. The van der Waals surface area contributed by atoms with E-state index in [0.717, 1.165) is 0 Å². The molecular formula is C16H16N4O4. The molecule has 0 aliphatic heterocycles. The van der Waals surface area contributed by atoms with Crippen molar-refractivity contribution in [1.82, 2.24) is 20.1 Å². The van der Waals surface area contributed by atoms with Crippen LogP contribution in [0.2, 0.25) is 0 Å². The SMILES string of the molecule is CC(C)n1ncc2c(C(=O)NCC(=O)O)cc(-c3ccco3)nc21. The molecule has 0 aromatic carbocycles. The van der Waals surface area contributed by atoms with Gasteiger partial charge in [0, 0.05) is 6.04 Å². The van der Waals surface area contributed by atoms with E-state index in [9.17, 15) is 9.59 Å². The van der Waals surface area contributed by atoms with Crippen LogP contribution in [-0.2, 0) is 4.79 Å². The largest absolute Gasteiger partial charge is 0.480 e. The second kappa shape index (κ2) is 6.15. The molecular weight excluding hydrogens is 312 g/mol. The number of hydrogen-bond donors (Lipinski definition) is 2. The van der Waals surface area contributed by atoms with Crippen LogP contribution in [0, 0.1) is 0 Å². The summed E-state index contributed by atoms with van der Waals surface area (Å²) in [6, 6.07) is 5.09. The summed E-state index contributed by atoms with van der Waals surface area (Å²) in [7, 11) is 0. The van der Waals surface area contributed by atoms with Gasteiger partial charge in [-0.15, -0.1) is 0 Å². The third-order valence-electron chi connectivity index (χ3n) is 3.47. The van der Waals surface area contributed by atoms with Crippen LogP contribution >= 0.6 is 0 Å². The number of hydrogen-bond acceptors (Lipinski definition) is 5. The number of amides is 1. The maximum Gasteiger partial charge on any atom is 0.322 e. The summed E-state index contributed by atoms with van der Waals surface area (Å²) in [5.41, 5.74) is 1.33. The Morgan fingerprint density at radius 2 is 2.21 bits per heavy atom. The zero-order valence-corrected chi connectivity index (χ0v) is 13.2. The van der Waals surface area contributed by atoms with Crippen molar-refractivity contribution < 1.29 is 19.1 Å². The number of pyridine rings is 1. The van der Waals surface area contributed by atoms with Crippen molar-refractivity contribution >= 4 is 22.9 Å². The fraction of sp³-hybridized carbons (Fsp3) is 0.250. The first-order valence-electron chi connectivity index (χ1n) is 7.39. The topological polar surface area (TPSA) is 110 Å². The molecule has 3 aromatic rings. The van der Waals surface area contributed by atoms with Crippen molar-refractivity contribution in [2.24, 2.45) is 0 Å². The van der Waals surface area contributed by atoms with Crippen molar-refractivity contribution in [2.45, 2.75) is 19.9 Å². The molecule has 0 saturated heterocycles. The number of nitrogens with one attached hydrogen (secondary N) is 1. The average Bonchev–Trinajstić information content (AvgIpc) is 3.20. The minimum Gasteiger partial charge on any atom is -0.480 e. The number of carboxylic acids is 1. The number of aliphatic carboxylic acids is 1. The van der Waals surface area contributed by atoms with Crippen LogP contribution in [0.25, 0.3) is 22.5 Å². The molecule has 3 heterocycles. The van der Waals surface area contributed by atoms with E-state index in [-0.39, 0.29) is 6.04 Å². The Balaban J connectivity index is 2.15. The monoisotopic (exact) mass is 328 g/mol. The molecule has 0 fully saturated rings. The van der Waals surface area contributed by atoms with Crippen LogP contribution in [0.4, 0.5) is 0 Å². The second-order valence-electron chi connectivity index (χ2n) is 5.53. The van der Waals surface area contributed by atoms with Gasteiger partial charge in [-0.2, -0.15) is 5.10 Å². The second-order valence-corrected chi connectivity index (χ2v) is 5.53. The van der Waals surface area contributed by atoms with Gasteiger partial charge in [-0.25, -0.2) is 9.67 Å². The van der Waals surface area contributed by atoms with Crippen LogP contribution in [0.5, 0.6) is 0 Å². The first kappa shape index (κ1) is 15.7. The first-order valence-corrected chi connectivity index (χ1v) is 7.39. The lowest BCUT2D eigenvalue weighted by atomic mass is 10.1. The third kappa shape index (κ3) is 2.85. The highest BCUT2D eigenvalue weighted by atomic mass is 16.4. The van der Waals surface area contributed by atoms with Crippen molar-refractivity contribution in [1.29, 1.82) is 0 Å². The number of furan rings is 1. The summed E-state index contributed by atoms with van der Waals surface area (Å²) in [6.07, 6.45) is 3.08. The fourth-order valence-electron chi connectivity index (χ4n) is 2.39. The zero-order valence-electron chi connectivity index (χ0n) is 13.2. The number of carboxylic acid groups (broad SMARTS) is 1. The summed E-state index contributed by atoms with van der Waals surface area (Å²) in [6.45, 7) is 3.45. The summed E-state index contributed by atoms with van der Waals surface area (Å²) < 4.78 is 7.06. The lowest BCUT2D eigenvalue weighted by Gasteiger charge is -2.09. The van der Waals surface area contributed by atoms with Gasteiger partial charge in [0.2, 0.25) is 0 Å². The average molecular weight is 328 g/mol. The number of aromatic nitrogens is 3. The summed E-state index contributed by atoms with van der Waals surface area (Å²) >= 11 is 0. The maximum absolute atomic E-state index is 12.4. The van der Waals surface area contributed by atoms with Crippen molar-refractivity contribution in [3.63, 3.8) is 0 Å². The maximum atomic E-state index is 12.4. The Hall–Kier alpha value is -3.16. The van der Waals surface area contributed by atoms with E-state index in [1.807, 2.05) is 13.8 Å². The lowest BCUT2D eigenvalue weighted by Crippen LogP contribution is -2.29. The van der Waals surface area contributed by atoms with Crippen LogP contribution in [0.3, 0.4) is 0 Å². The Morgan fingerprint density at radius 3 is 2.83 bits per heavy atom. The third-order valence-corrected chi connectivity index (χ3v) is 3.47. The van der Waals surface area contributed by atoms with E-state index in [1.165, 1.54) is 6.26 Å². The molecule has 0 spiro atoms. The first-order chi connectivity index (χ1) is 11.5. The van der Waals surface area contributed by atoms with Gasteiger partial charge in [-0.3, -0.25) is 9.59 Å². The lowest BCUT2D eigenvalue weighted by molar-refractivity contribution is -0.135. The number of fused-ring (bicyclic) bond motifs is 1. The Morgan fingerprint density at radius 1 is 1.42 bits per heavy atom. The molecule has 0 saturated carbocycles. The van der Waals surface area contributed by atoms with Gasteiger partial charge in [0.15, 0.2) is 11.4 Å². The smallest absolute Gasteiger partial charge is 0.322 e. The molecule has 2 N–H and O–H groups in total. The molecule has 0 atom stereocenters. The van der Waals surface area contributed by atoms with E-state index in [1.54, 1.807) is 29.1 Å². The molecule has 3 rings (SSSR count). The molecule has 0 radical (unpaired) electrons. The number of nitrogens with zero attached hydrogens (tertiary/aromatic N) is 3. The van der Waals surface area contributed by atoms with Crippen LogP contribution in [-0.4, -0.2) is 38.3 Å². The van der Waals surface area contributed by atoms with Crippen molar-refractivity contribution in [2.75, 3.05) is 6.54 Å². The van der Waals surface area contributed by atoms with Gasteiger partial charge >= 0.3 is 5.97 Å². The van der Waals surface area contributed by atoms with Crippen LogP contribution in [0.1, 0.15) is 30.2 Å². The quantitative estimate of drug-likeness (QED) is 0.742. The van der Waals surface area contributed by atoms with Crippen molar-refractivity contribution in [3.05, 3.63) is 36.2 Å². The highest BCUT2D eigenvalue weighted by Crippen LogP contribution is 2.26. The van der Waals surface area contributed by atoms with Crippen LogP contribution < -0.4 is 5.32 Å². The minimum absolute atomic E-state index is 0.0526. The molecule has 124 valence electrons. The van der Waals surface area contributed by atoms with Gasteiger partial charge in [0.05, 0.1) is 23.4 Å². The normalized spacial score (nSPS) is 11.1. The predicted molar refractivity (Wildman–Crippen MR) is 85.6 cm³/mol. The standard InChI is InChI=1S/C16H16N4O4/c1-9(2)20-15-11(7-18-20)10(16(23)17-8-14(21)22)6-12(19-15)13-4-3-5-24-13/h3-7,9H,8H2,1-2H3,(H,17,23)(H,21,22). The van der Waals surface area contributed by atoms with Gasteiger partial charge in [0.25, 0.3) is 5.91 Å². The van der Waals surface area contributed by atoms with Gasteiger partial charge in [0.1, 0.15) is 12.2 Å². The minimum atomic E-state index is -1.11. The number of rotatable bonds is 5. The van der Waals surface area contributed by atoms with Gasteiger partial charge in [-0.1, -0.05) is 0 Å². The van der Waals surface area contributed by atoms with Gasteiger partial charge < -0.3 is 14.8 Å². The fourth-order valence-corrected chi connectivity index (χ4v) is 2.39. The Labute approximate surface area is 137 Å². The number of carbonyl (C=O) groups is 2. The molecule has 0 bridgehead atoms. The molecule has 3 aromatic heterocycles. The Kier molecular flexibility index (Phi) is 4.03. The van der Waals surface area contributed by atoms with E-state index in [4.69, 9.17) is 9.52 Å². The van der Waals surface area contributed by atoms with Gasteiger partial charge in [-0.05, 0) is 32.0 Å². The van der Waals surface area contributed by atoms with Crippen molar-refractivity contribution in [3.8, 4) is 11.5 Å². The molecule has 8 nitrogen and oxygen atoms in total. The summed E-state index contributed by atoms with van der Waals surface area (Å²) in [4.78, 5) is 27.6. The zero-order chi connectivity index (χ0) is 17.3. The molecule has 0 unspecified atom stereocenters. The number of carbonyl (C=O) groups excluding carboxylic acids is 1. The summed E-state index contributed by atoms with van der Waals surface area (Å²) in [5, 5.41) is 16.0. The van der Waals surface area contributed by atoms with E-state index in [2.05, 4.69) is 15.4 Å². The molecule has 24 heavy (non-hydrogen) atoms. The highest BCUT2D eigenvalue weighted by Gasteiger charge is 2.19. The summed E-state index contributed by atoms with van der Waals surface area (Å²) in [5.74, 6) is -1.10. The highest BCUT2D eigenvalue weighted by molar-refractivity contribution is 6.07. The van der Waals surface area contributed by atoms with E-state index in [0.29, 0.717) is 28.1 Å². The van der Waals surface area contributed by atoms with E-state index >= 15 is 0 Å². The molecule has 8 heteroatoms.